The molecular weight excluding hydrogens is 226 g/mol. The summed E-state index contributed by atoms with van der Waals surface area (Å²) in [5, 5.41) is 2.90. The molecule has 1 aromatic heterocycles. The molecule has 4 heteroatoms. The number of nitrogens with zero attached hydrogens (tertiary/aromatic N) is 1. The summed E-state index contributed by atoms with van der Waals surface area (Å²) in [5.74, 6) is 0.0540. The SMILES string of the molecule is Cc1ccc(CC(=O)NCCc2cnc[nH]2)cc1. The maximum atomic E-state index is 11.7. The van der Waals surface area contributed by atoms with Crippen LogP contribution in [0.3, 0.4) is 0 Å². The number of amides is 1. The van der Waals surface area contributed by atoms with Crippen molar-refractivity contribution in [1.82, 2.24) is 15.3 Å². The molecule has 0 atom stereocenters. The molecule has 2 aromatic rings. The summed E-state index contributed by atoms with van der Waals surface area (Å²) >= 11 is 0. The Morgan fingerprint density at radius 2 is 2.11 bits per heavy atom. The Balaban J connectivity index is 1.73. The van der Waals surface area contributed by atoms with Gasteiger partial charge >= 0.3 is 0 Å². The fourth-order valence-electron chi connectivity index (χ4n) is 1.71. The van der Waals surface area contributed by atoms with Crippen LogP contribution in [0, 0.1) is 6.92 Å². The molecule has 0 saturated heterocycles. The topological polar surface area (TPSA) is 57.8 Å². The summed E-state index contributed by atoms with van der Waals surface area (Å²) in [6.07, 6.45) is 4.62. The maximum Gasteiger partial charge on any atom is 0.224 e. The molecule has 1 heterocycles. The second-order valence-corrected chi connectivity index (χ2v) is 4.34. The minimum atomic E-state index is 0.0540. The van der Waals surface area contributed by atoms with Crippen molar-refractivity contribution in [3.8, 4) is 0 Å². The number of benzene rings is 1. The van der Waals surface area contributed by atoms with Crippen LogP contribution in [0.2, 0.25) is 0 Å². The number of aryl methyl sites for hydroxylation is 1. The number of hydrogen-bond donors (Lipinski definition) is 2. The van der Waals surface area contributed by atoms with Crippen LogP contribution in [0.25, 0.3) is 0 Å². The zero-order valence-corrected chi connectivity index (χ0v) is 10.4. The first kappa shape index (κ1) is 12.4. The average Bonchev–Trinajstić information content (AvgIpc) is 2.85. The molecule has 4 nitrogen and oxygen atoms in total. The van der Waals surface area contributed by atoms with Crippen molar-refractivity contribution in [2.45, 2.75) is 19.8 Å². The van der Waals surface area contributed by atoms with Crippen LogP contribution >= 0.6 is 0 Å². The number of carbonyl (C=O) groups excluding carboxylic acids is 1. The van der Waals surface area contributed by atoms with E-state index in [1.54, 1.807) is 12.5 Å². The predicted molar refractivity (Wildman–Crippen MR) is 70.2 cm³/mol. The van der Waals surface area contributed by atoms with Gasteiger partial charge in [0.25, 0.3) is 0 Å². The summed E-state index contributed by atoms with van der Waals surface area (Å²) in [6.45, 7) is 2.67. The van der Waals surface area contributed by atoms with E-state index in [4.69, 9.17) is 0 Å². The van der Waals surface area contributed by atoms with Crippen LogP contribution < -0.4 is 5.32 Å². The van der Waals surface area contributed by atoms with Crippen molar-refractivity contribution in [3.05, 3.63) is 53.6 Å². The zero-order chi connectivity index (χ0) is 12.8. The Bertz CT molecular complexity index is 488. The molecule has 0 fully saturated rings. The van der Waals surface area contributed by atoms with Gasteiger partial charge in [0.05, 0.1) is 12.7 Å². The van der Waals surface area contributed by atoms with Gasteiger partial charge in [0.2, 0.25) is 5.91 Å². The monoisotopic (exact) mass is 243 g/mol. The van der Waals surface area contributed by atoms with Gasteiger partial charge in [-0.2, -0.15) is 0 Å². The third-order valence-corrected chi connectivity index (χ3v) is 2.76. The highest BCUT2D eigenvalue weighted by atomic mass is 16.1. The molecule has 0 aliphatic rings. The molecule has 18 heavy (non-hydrogen) atoms. The number of aromatic nitrogens is 2. The Morgan fingerprint density at radius 3 is 2.78 bits per heavy atom. The Hall–Kier alpha value is -2.10. The predicted octanol–water partition coefficient (Wildman–Crippen LogP) is 1.62. The molecule has 1 aromatic carbocycles. The number of imidazole rings is 1. The highest BCUT2D eigenvalue weighted by Crippen LogP contribution is 2.03. The lowest BCUT2D eigenvalue weighted by atomic mass is 10.1. The number of rotatable bonds is 5. The van der Waals surface area contributed by atoms with Crippen molar-refractivity contribution in [1.29, 1.82) is 0 Å². The van der Waals surface area contributed by atoms with Crippen molar-refractivity contribution >= 4 is 5.91 Å². The molecule has 0 spiro atoms. The van der Waals surface area contributed by atoms with E-state index in [1.165, 1.54) is 5.56 Å². The number of nitrogens with one attached hydrogen (secondary N) is 2. The molecule has 0 saturated carbocycles. The van der Waals surface area contributed by atoms with Gasteiger partial charge in [-0.3, -0.25) is 4.79 Å². The molecule has 2 N–H and O–H groups in total. The quantitative estimate of drug-likeness (QED) is 0.838. The van der Waals surface area contributed by atoms with Crippen LogP contribution in [0.15, 0.2) is 36.8 Å². The van der Waals surface area contributed by atoms with Crippen LogP contribution in [0.1, 0.15) is 16.8 Å². The van der Waals surface area contributed by atoms with Gasteiger partial charge in [0.1, 0.15) is 0 Å². The van der Waals surface area contributed by atoms with E-state index in [2.05, 4.69) is 15.3 Å². The summed E-state index contributed by atoms with van der Waals surface area (Å²) in [5.41, 5.74) is 3.28. The molecule has 0 unspecified atom stereocenters. The second-order valence-electron chi connectivity index (χ2n) is 4.34. The van der Waals surface area contributed by atoms with Gasteiger partial charge < -0.3 is 10.3 Å². The Labute approximate surface area is 106 Å². The molecule has 94 valence electrons. The Kier molecular flexibility index (Phi) is 4.12. The van der Waals surface area contributed by atoms with Crippen LogP contribution in [0.4, 0.5) is 0 Å². The van der Waals surface area contributed by atoms with Gasteiger partial charge in [-0.25, -0.2) is 4.98 Å². The fraction of sp³-hybridized carbons (Fsp3) is 0.286. The number of carbonyl (C=O) groups is 1. The van der Waals surface area contributed by atoms with Crippen molar-refractivity contribution in [2.24, 2.45) is 0 Å². The van der Waals surface area contributed by atoms with Crippen molar-refractivity contribution < 1.29 is 4.79 Å². The first-order valence-electron chi connectivity index (χ1n) is 6.03. The van der Waals surface area contributed by atoms with E-state index in [0.717, 1.165) is 17.7 Å². The zero-order valence-electron chi connectivity index (χ0n) is 10.4. The molecule has 0 radical (unpaired) electrons. The number of hydrogen-bond acceptors (Lipinski definition) is 2. The highest BCUT2D eigenvalue weighted by molar-refractivity contribution is 5.78. The average molecular weight is 243 g/mol. The smallest absolute Gasteiger partial charge is 0.224 e. The van der Waals surface area contributed by atoms with E-state index in [9.17, 15) is 4.79 Å². The summed E-state index contributed by atoms with van der Waals surface area (Å²) in [4.78, 5) is 18.6. The van der Waals surface area contributed by atoms with Crippen LogP contribution in [-0.2, 0) is 17.6 Å². The van der Waals surface area contributed by atoms with Crippen molar-refractivity contribution in [3.63, 3.8) is 0 Å². The highest BCUT2D eigenvalue weighted by Gasteiger charge is 2.03. The molecule has 0 bridgehead atoms. The van der Waals surface area contributed by atoms with Gasteiger partial charge in [-0.1, -0.05) is 29.8 Å². The first-order chi connectivity index (χ1) is 8.74. The van der Waals surface area contributed by atoms with E-state index < -0.39 is 0 Å². The minimum absolute atomic E-state index is 0.0540. The van der Waals surface area contributed by atoms with E-state index >= 15 is 0 Å². The largest absolute Gasteiger partial charge is 0.355 e. The Morgan fingerprint density at radius 1 is 1.33 bits per heavy atom. The van der Waals surface area contributed by atoms with E-state index in [0.29, 0.717) is 13.0 Å². The van der Waals surface area contributed by atoms with E-state index in [1.807, 2.05) is 31.2 Å². The number of H-pyrrole nitrogens is 1. The standard InChI is InChI=1S/C14H17N3O/c1-11-2-4-12(5-3-11)8-14(18)16-7-6-13-9-15-10-17-13/h2-5,9-10H,6-8H2,1H3,(H,15,17)(H,16,18). The molecule has 0 aliphatic carbocycles. The minimum Gasteiger partial charge on any atom is -0.355 e. The number of aromatic amines is 1. The van der Waals surface area contributed by atoms with Gasteiger partial charge in [-0.05, 0) is 12.5 Å². The lowest BCUT2D eigenvalue weighted by molar-refractivity contribution is -0.120. The normalized spacial score (nSPS) is 10.3. The van der Waals surface area contributed by atoms with Crippen LogP contribution in [-0.4, -0.2) is 22.4 Å². The molecular formula is C14H17N3O. The second kappa shape index (κ2) is 6.00. The summed E-state index contributed by atoms with van der Waals surface area (Å²) < 4.78 is 0. The van der Waals surface area contributed by atoms with Gasteiger partial charge in [0, 0.05) is 24.9 Å². The molecule has 2 rings (SSSR count). The molecule has 1 amide bonds. The first-order valence-corrected chi connectivity index (χ1v) is 6.03. The van der Waals surface area contributed by atoms with Gasteiger partial charge in [-0.15, -0.1) is 0 Å². The lowest BCUT2D eigenvalue weighted by Crippen LogP contribution is -2.27. The summed E-state index contributed by atoms with van der Waals surface area (Å²) in [7, 11) is 0. The van der Waals surface area contributed by atoms with Gasteiger partial charge in [0.15, 0.2) is 0 Å². The molecule has 0 aliphatic heterocycles. The van der Waals surface area contributed by atoms with Crippen LogP contribution in [0.5, 0.6) is 0 Å². The van der Waals surface area contributed by atoms with Crippen molar-refractivity contribution in [2.75, 3.05) is 6.54 Å². The maximum absolute atomic E-state index is 11.7. The van der Waals surface area contributed by atoms with E-state index in [-0.39, 0.29) is 5.91 Å². The lowest BCUT2D eigenvalue weighted by Gasteiger charge is -2.04. The third-order valence-electron chi connectivity index (χ3n) is 2.76. The summed E-state index contributed by atoms with van der Waals surface area (Å²) in [6, 6.07) is 8.02. The third kappa shape index (κ3) is 3.73. The fourth-order valence-corrected chi connectivity index (χ4v) is 1.71.